The van der Waals surface area contributed by atoms with Crippen LogP contribution in [0.25, 0.3) is 0 Å². The van der Waals surface area contributed by atoms with Gasteiger partial charge in [-0.25, -0.2) is 16.8 Å². The zero-order valence-electron chi connectivity index (χ0n) is 14.1. The van der Waals surface area contributed by atoms with E-state index < -0.39 is 36.8 Å². The van der Waals surface area contributed by atoms with Crippen molar-refractivity contribution in [2.45, 2.75) is 35.1 Å². The molecule has 6 nitrogen and oxygen atoms in total. The average Bonchev–Trinajstić information content (AvgIpc) is 2.54. The molecule has 0 amide bonds. The third kappa shape index (κ3) is 4.46. The van der Waals surface area contributed by atoms with Crippen LogP contribution in [-0.2, 0) is 19.7 Å². The van der Waals surface area contributed by atoms with Gasteiger partial charge in [0.05, 0.1) is 15.5 Å². The van der Waals surface area contributed by atoms with Gasteiger partial charge in [-0.2, -0.15) is 0 Å². The van der Waals surface area contributed by atoms with Gasteiger partial charge in [-0.05, 0) is 38.1 Å². The van der Waals surface area contributed by atoms with Crippen LogP contribution in [0.15, 0.2) is 58.3 Å². The second-order valence-corrected chi connectivity index (χ2v) is 10.2. The lowest BCUT2D eigenvalue weighted by Crippen LogP contribution is -2.50. The molecule has 4 N–H and O–H groups in total. The van der Waals surface area contributed by atoms with E-state index in [1.54, 1.807) is 24.3 Å². The quantitative estimate of drug-likeness (QED) is 0.773. The molecule has 0 spiro atoms. The van der Waals surface area contributed by atoms with E-state index in [0.29, 0.717) is 0 Å². The minimum atomic E-state index is -3.93. The van der Waals surface area contributed by atoms with Gasteiger partial charge < -0.3 is 11.5 Å². The molecular weight excluding hydrogens is 360 g/mol. The zero-order valence-corrected chi connectivity index (χ0v) is 15.7. The molecule has 2 aromatic rings. The van der Waals surface area contributed by atoms with E-state index in [1.807, 2.05) is 13.8 Å². The molecule has 8 heteroatoms. The standard InChI is InChI=1S/C17H22N2O4S2/c1-12-3-7-14(8-4-12)24(20,21)11-16(18)17(19)25(22,23)15-9-5-13(2)6-10-15/h3-10,16-17H,11,18-19H2,1-2H3. The van der Waals surface area contributed by atoms with Crippen molar-refractivity contribution in [2.24, 2.45) is 11.5 Å². The van der Waals surface area contributed by atoms with Crippen LogP contribution in [0.5, 0.6) is 0 Å². The highest BCUT2D eigenvalue weighted by Crippen LogP contribution is 2.19. The van der Waals surface area contributed by atoms with Crippen LogP contribution in [0.4, 0.5) is 0 Å². The largest absolute Gasteiger partial charge is 0.325 e. The number of sulfone groups is 2. The summed E-state index contributed by atoms with van der Waals surface area (Å²) in [6.45, 7) is 3.67. The molecule has 0 aliphatic heterocycles. The van der Waals surface area contributed by atoms with Gasteiger partial charge in [0.1, 0.15) is 5.37 Å². The Hall–Kier alpha value is -1.74. The monoisotopic (exact) mass is 382 g/mol. The Morgan fingerprint density at radius 1 is 0.760 bits per heavy atom. The van der Waals surface area contributed by atoms with Crippen LogP contribution in [0.1, 0.15) is 11.1 Å². The first kappa shape index (κ1) is 19.6. The fraction of sp³-hybridized carbons (Fsp3) is 0.294. The number of hydrogen-bond acceptors (Lipinski definition) is 6. The van der Waals surface area contributed by atoms with Gasteiger partial charge in [-0.3, -0.25) is 0 Å². The molecule has 0 heterocycles. The summed E-state index contributed by atoms with van der Waals surface area (Å²) in [6.07, 6.45) is 0. The summed E-state index contributed by atoms with van der Waals surface area (Å²) >= 11 is 0. The van der Waals surface area contributed by atoms with Crippen molar-refractivity contribution in [3.63, 3.8) is 0 Å². The van der Waals surface area contributed by atoms with Crippen molar-refractivity contribution in [2.75, 3.05) is 5.75 Å². The van der Waals surface area contributed by atoms with E-state index in [9.17, 15) is 16.8 Å². The maximum atomic E-state index is 12.6. The van der Waals surface area contributed by atoms with E-state index in [0.717, 1.165) is 11.1 Å². The molecular formula is C17H22N2O4S2. The van der Waals surface area contributed by atoms with Crippen molar-refractivity contribution >= 4 is 19.7 Å². The molecule has 0 radical (unpaired) electrons. The predicted octanol–water partition coefficient (Wildman–Crippen LogP) is 1.16. The molecule has 0 fully saturated rings. The SMILES string of the molecule is Cc1ccc(S(=O)(=O)CC(N)C(N)S(=O)(=O)c2ccc(C)cc2)cc1. The summed E-state index contributed by atoms with van der Waals surface area (Å²) in [5.74, 6) is -0.553. The van der Waals surface area contributed by atoms with Crippen molar-refractivity contribution < 1.29 is 16.8 Å². The number of nitrogens with two attached hydrogens (primary N) is 2. The summed E-state index contributed by atoms with van der Waals surface area (Å²) in [4.78, 5) is 0.113. The first-order chi connectivity index (χ1) is 11.5. The maximum absolute atomic E-state index is 12.6. The Kier molecular flexibility index (Phi) is 5.68. The molecule has 0 aromatic heterocycles. The number of rotatable bonds is 6. The number of benzene rings is 2. The molecule has 25 heavy (non-hydrogen) atoms. The van der Waals surface area contributed by atoms with E-state index in [-0.39, 0.29) is 9.79 Å². The molecule has 0 aliphatic rings. The fourth-order valence-corrected chi connectivity index (χ4v) is 5.27. The van der Waals surface area contributed by atoms with Crippen molar-refractivity contribution in [3.8, 4) is 0 Å². The summed E-state index contributed by atoms with van der Waals surface area (Å²) in [5, 5.41) is -1.52. The summed E-state index contributed by atoms with van der Waals surface area (Å²) < 4.78 is 50.0. The van der Waals surface area contributed by atoms with E-state index in [2.05, 4.69) is 0 Å². The second kappa shape index (κ2) is 7.25. The van der Waals surface area contributed by atoms with Crippen LogP contribution in [0, 0.1) is 13.8 Å². The highest BCUT2D eigenvalue weighted by Gasteiger charge is 2.32. The third-order valence-corrected chi connectivity index (χ3v) is 7.73. The summed E-state index contributed by atoms with van der Waals surface area (Å²) in [5.41, 5.74) is 13.5. The van der Waals surface area contributed by atoms with Crippen molar-refractivity contribution in [1.29, 1.82) is 0 Å². The minimum absolute atomic E-state index is 0.0220. The lowest BCUT2D eigenvalue weighted by Gasteiger charge is -2.20. The first-order valence-corrected chi connectivity index (χ1v) is 10.8. The molecule has 0 saturated carbocycles. The van der Waals surface area contributed by atoms with Crippen LogP contribution < -0.4 is 11.5 Å². The Balaban J connectivity index is 2.23. The zero-order chi connectivity index (χ0) is 18.8. The highest BCUT2D eigenvalue weighted by molar-refractivity contribution is 7.92. The average molecular weight is 383 g/mol. The molecule has 2 rings (SSSR count). The topological polar surface area (TPSA) is 120 Å². The second-order valence-electron chi connectivity index (χ2n) is 6.08. The molecule has 0 saturated heterocycles. The number of aryl methyl sites for hydroxylation is 2. The van der Waals surface area contributed by atoms with Crippen molar-refractivity contribution in [1.82, 2.24) is 0 Å². The van der Waals surface area contributed by atoms with Gasteiger partial charge in [0, 0.05) is 6.04 Å². The van der Waals surface area contributed by atoms with Crippen LogP contribution in [0.3, 0.4) is 0 Å². The Morgan fingerprint density at radius 3 is 1.60 bits per heavy atom. The molecule has 2 atom stereocenters. The van der Waals surface area contributed by atoms with Gasteiger partial charge in [0.15, 0.2) is 19.7 Å². The third-order valence-electron chi connectivity index (χ3n) is 3.92. The lowest BCUT2D eigenvalue weighted by atomic mass is 10.2. The lowest BCUT2D eigenvalue weighted by molar-refractivity contribution is 0.555. The fourth-order valence-electron chi connectivity index (χ4n) is 2.31. The van der Waals surface area contributed by atoms with Gasteiger partial charge in [-0.1, -0.05) is 35.4 Å². The van der Waals surface area contributed by atoms with Gasteiger partial charge >= 0.3 is 0 Å². The maximum Gasteiger partial charge on any atom is 0.195 e. The summed E-state index contributed by atoms with van der Waals surface area (Å²) in [6, 6.07) is 11.2. The molecule has 136 valence electrons. The van der Waals surface area contributed by atoms with Gasteiger partial charge in [-0.15, -0.1) is 0 Å². The Morgan fingerprint density at radius 2 is 1.16 bits per heavy atom. The predicted molar refractivity (Wildman–Crippen MR) is 97.5 cm³/mol. The van der Waals surface area contributed by atoms with E-state index >= 15 is 0 Å². The van der Waals surface area contributed by atoms with Crippen LogP contribution >= 0.6 is 0 Å². The molecule has 2 aromatic carbocycles. The molecule has 0 bridgehead atoms. The van der Waals surface area contributed by atoms with Gasteiger partial charge in [0.25, 0.3) is 0 Å². The number of hydrogen-bond donors (Lipinski definition) is 2. The first-order valence-electron chi connectivity index (χ1n) is 7.65. The normalized spacial score (nSPS) is 14.9. The Bertz CT molecular complexity index is 935. The van der Waals surface area contributed by atoms with Crippen molar-refractivity contribution in [3.05, 3.63) is 59.7 Å². The van der Waals surface area contributed by atoms with Gasteiger partial charge in [0.2, 0.25) is 0 Å². The van der Waals surface area contributed by atoms with Crippen LogP contribution in [0.2, 0.25) is 0 Å². The summed E-state index contributed by atoms with van der Waals surface area (Å²) in [7, 11) is -7.67. The molecule has 0 aliphatic carbocycles. The minimum Gasteiger partial charge on any atom is -0.325 e. The smallest absolute Gasteiger partial charge is 0.195 e. The van der Waals surface area contributed by atoms with E-state index in [4.69, 9.17) is 11.5 Å². The van der Waals surface area contributed by atoms with E-state index in [1.165, 1.54) is 24.3 Å². The Labute approximate surface area is 148 Å². The molecule has 2 unspecified atom stereocenters. The highest BCUT2D eigenvalue weighted by atomic mass is 32.2. The van der Waals surface area contributed by atoms with Crippen LogP contribution in [-0.4, -0.2) is 34.0 Å².